The molecule has 30 heavy (non-hydrogen) atoms. The second kappa shape index (κ2) is 8.57. The number of rotatable bonds is 5. The number of amides is 2. The number of hydrogen-bond donors (Lipinski definition) is 1. The average molecular weight is 406 g/mol. The van der Waals surface area contributed by atoms with Crippen LogP contribution in [0.4, 0.5) is 11.7 Å². The fourth-order valence-electron chi connectivity index (χ4n) is 3.76. The number of benzene rings is 2. The zero-order chi connectivity index (χ0) is 21.1. The molecule has 2 amide bonds. The Balaban J connectivity index is 1.28. The Morgan fingerprint density at radius 1 is 1.13 bits per heavy atom. The van der Waals surface area contributed by atoms with E-state index in [1.807, 2.05) is 55.5 Å². The summed E-state index contributed by atoms with van der Waals surface area (Å²) in [6.07, 6.45) is 1.42. The summed E-state index contributed by atoms with van der Waals surface area (Å²) in [5.74, 6) is -0.285. The van der Waals surface area contributed by atoms with E-state index < -0.39 is 0 Å². The van der Waals surface area contributed by atoms with Gasteiger partial charge in [0.2, 0.25) is 11.8 Å². The molecular formula is C23H26N4O3. The van der Waals surface area contributed by atoms with Gasteiger partial charge in [-0.1, -0.05) is 29.8 Å². The molecule has 1 N–H and O–H groups in total. The lowest BCUT2D eigenvalue weighted by atomic mass is 9.95. The van der Waals surface area contributed by atoms with Gasteiger partial charge in [0.1, 0.15) is 5.52 Å². The van der Waals surface area contributed by atoms with Crippen LogP contribution >= 0.6 is 0 Å². The van der Waals surface area contributed by atoms with E-state index in [1.165, 1.54) is 4.90 Å². The fraction of sp³-hybridized carbons (Fsp3) is 0.348. The predicted molar refractivity (Wildman–Crippen MR) is 116 cm³/mol. The van der Waals surface area contributed by atoms with E-state index in [0.29, 0.717) is 31.9 Å². The Morgan fingerprint density at radius 2 is 1.83 bits per heavy atom. The summed E-state index contributed by atoms with van der Waals surface area (Å²) < 4.78 is 5.83. The Hall–Kier alpha value is -3.35. The van der Waals surface area contributed by atoms with Crippen LogP contribution in [-0.2, 0) is 9.59 Å². The minimum atomic E-state index is -0.196. The first-order chi connectivity index (χ1) is 14.5. The lowest BCUT2D eigenvalue weighted by molar-refractivity contribution is -0.137. The summed E-state index contributed by atoms with van der Waals surface area (Å²) in [7, 11) is 1.68. The molecular weight excluding hydrogens is 380 g/mol. The van der Waals surface area contributed by atoms with E-state index >= 15 is 0 Å². The molecule has 2 heterocycles. The van der Waals surface area contributed by atoms with Gasteiger partial charge in [-0.3, -0.25) is 9.59 Å². The van der Waals surface area contributed by atoms with Crippen LogP contribution in [0.1, 0.15) is 18.4 Å². The minimum Gasteiger partial charge on any atom is -0.423 e. The number of carbonyl (C=O) groups is 2. The van der Waals surface area contributed by atoms with Crippen LogP contribution in [-0.4, -0.2) is 48.4 Å². The molecule has 7 nitrogen and oxygen atoms in total. The van der Waals surface area contributed by atoms with Gasteiger partial charge >= 0.3 is 0 Å². The van der Waals surface area contributed by atoms with Gasteiger partial charge in [-0.25, -0.2) is 0 Å². The van der Waals surface area contributed by atoms with Gasteiger partial charge in [0.25, 0.3) is 6.01 Å². The van der Waals surface area contributed by atoms with Crippen LogP contribution in [0, 0.1) is 12.8 Å². The van der Waals surface area contributed by atoms with Crippen molar-refractivity contribution < 1.29 is 14.0 Å². The Morgan fingerprint density at radius 3 is 2.53 bits per heavy atom. The van der Waals surface area contributed by atoms with Gasteiger partial charge in [0, 0.05) is 31.7 Å². The number of para-hydroxylation sites is 2. The number of hydrogen-bond acceptors (Lipinski definition) is 5. The van der Waals surface area contributed by atoms with Gasteiger partial charge in [0.05, 0.1) is 6.54 Å². The third kappa shape index (κ3) is 4.45. The van der Waals surface area contributed by atoms with Gasteiger partial charge in [-0.05, 0) is 44.0 Å². The molecule has 7 heteroatoms. The van der Waals surface area contributed by atoms with Gasteiger partial charge in [0.15, 0.2) is 5.58 Å². The average Bonchev–Trinajstić information content (AvgIpc) is 3.19. The molecule has 0 spiro atoms. The van der Waals surface area contributed by atoms with Crippen LogP contribution in [0.2, 0.25) is 0 Å². The first kappa shape index (κ1) is 19.9. The number of carbonyl (C=O) groups excluding carboxylic acids is 2. The molecule has 2 aromatic carbocycles. The first-order valence-electron chi connectivity index (χ1n) is 10.2. The highest BCUT2D eigenvalue weighted by atomic mass is 16.4. The number of nitrogens with zero attached hydrogens (tertiary/aromatic N) is 3. The normalized spacial score (nSPS) is 14.7. The quantitative estimate of drug-likeness (QED) is 0.702. The first-order valence-corrected chi connectivity index (χ1v) is 10.2. The van der Waals surface area contributed by atoms with E-state index in [9.17, 15) is 9.59 Å². The molecule has 3 aromatic rings. The molecule has 0 unspecified atom stereocenters. The Kier molecular flexibility index (Phi) is 5.70. The Labute approximate surface area is 175 Å². The summed E-state index contributed by atoms with van der Waals surface area (Å²) in [6.45, 7) is 3.44. The molecule has 1 fully saturated rings. The highest BCUT2D eigenvalue weighted by Gasteiger charge is 2.29. The van der Waals surface area contributed by atoms with Crippen molar-refractivity contribution in [2.75, 3.05) is 36.9 Å². The molecule has 1 aromatic heterocycles. The Bertz CT molecular complexity index is 1000. The molecule has 156 valence electrons. The lowest BCUT2D eigenvalue weighted by Gasteiger charge is -2.32. The van der Waals surface area contributed by atoms with E-state index in [0.717, 1.165) is 22.4 Å². The highest BCUT2D eigenvalue weighted by Crippen LogP contribution is 2.27. The standard InChI is InChI=1S/C23H26N4O3/c1-16-7-9-18(10-8-16)24-21(28)15-26(2)22(29)17-11-13-27(14-12-17)23-25-19-5-3-4-6-20(19)30-23/h3-10,17H,11-15H2,1-2H3,(H,24,28). The third-order valence-electron chi connectivity index (χ3n) is 5.49. The SMILES string of the molecule is Cc1ccc(NC(=O)CN(C)C(=O)C2CCN(c3nc4ccccc4o3)CC2)cc1. The maximum absolute atomic E-state index is 12.8. The monoisotopic (exact) mass is 406 g/mol. The summed E-state index contributed by atoms with van der Waals surface area (Å²) in [4.78, 5) is 33.2. The van der Waals surface area contributed by atoms with E-state index in [1.54, 1.807) is 7.05 Å². The number of anilines is 2. The number of piperidine rings is 1. The second-order valence-corrected chi connectivity index (χ2v) is 7.83. The number of aromatic nitrogens is 1. The number of aryl methyl sites for hydroxylation is 1. The van der Waals surface area contributed by atoms with Crippen LogP contribution < -0.4 is 10.2 Å². The summed E-state index contributed by atoms with van der Waals surface area (Å²) in [5, 5.41) is 2.84. The van der Waals surface area contributed by atoms with Crippen molar-refractivity contribution in [2.24, 2.45) is 5.92 Å². The van der Waals surface area contributed by atoms with Gasteiger partial charge in [-0.2, -0.15) is 4.98 Å². The third-order valence-corrected chi connectivity index (χ3v) is 5.49. The molecule has 0 radical (unpaired) electrons. The van der Waals surface area contributed by atoms with Gasteiger partial charge in [-0.15, -0.1) is 0 Å². The highest BCUT2D eigenvalue weighted by molar-refractivity contribution is 5.94. The lowest BCUT2D eigenvalue weighted by Crippen LogP contribution is -2.43. The minimum absolute atomic E-state index is 0.00581. The van der Waals surface area contributed by atoms with Crippen molar-refractivity contribution in [1.82, 2.24) is 9.88 Å². The van der Waals surface area contributed by atoms with Crippen LogP contribution in [0.3, 0.4) is 0 Å². The maximum atomic E-state index is 12.8. The molecule has 0 atom stereocenters. The molecule has 1 saturated heterocycles. The van der Waals surface area contributed by atoms with Crippen molar-refractivity contribution in [3.05, 3.63) is 54.1 Å². The van der Waals surface area contributed by atoms with Crippen molar-refractivity contribution in [3.8, 4) is 0 Å². The van der Waals surface area contributed by atoms with Crippen LogP contribution in [0.5, 0.6) is 0 Å². The second-order valence-electron chi connectivity index (χ2n) is 7.83. The molecule has 0 bridgehead atoms. The molecule has 1 aliphatic heterocycles. The number of likely N-dealkylation sites (N-methyl/N-ethyl adjacent to an activating group) is 1. The van der Waals surface area contributed by atoms with Crippen molar-refractivity contribution >= 4 is 34.6 Å². The zero-order valence-electron chi connectivity index (χ0n) is 17.3. The van der Waals surface area contributed by atoms with Crippen molar-refractivity contribution in [3.63, 3.8) is 0 Å². The summed E-state index contributed by atoms with van der Waals surface area (Å²) >= 11 is 0. The van der Waals surface area contributed by atoms with Crippen molar-refractivity contribution in [1.29, 1.82) is 0 Å². The molecule has 4 rings (SSSR count). The van der Waals surface area contributed by atoms with Crippen molar-refractivity contribution in [2.45, 2.75) is 19.8 Å². The van der Waals surface area contributed by atoms with Crippen LogP contribution in [0.25, 0.3) is 11.1 Å². The smallest absolute Gasteiger partial charge is 0.298 e. The number of fused-ring (bicyclic) bond motifs is 1. The largest absolute Gasteiger partial charge is 0.423 e. The van der Waals surface area contributed by atoms with Crippen LogP contribution in [0.15, 0.2) is 52.9 Å². The zero-order valence-corrected chi connectivity index (χ0v) is 17.3. The molecule has 0 saturated carbocycles. The number of nitrogens with one attached hydrogen (secondary N) is 1. The maximum Gasteiger partial charge on any atom is 0.298 e. The summed E-state index contributed by atoms with van der Waals surface area (Å²) in [6, 6.07) is 15.9. The van der Waals surface area contributed by atoms with E-state index in [-0.39, 0.29) is 24.3 Å². The summed E-state index contributed by atoms with van der Waals surface area (Å²) in [5.41, 5.74) is 3.47. The number of oxazole rings is 1. The van der Waals surface area contributed by atoms with E-state index in [2.05, 4.69) is 15.2 Å². The predicted octanol–water partition coefficient (Wildman–Crippen LogP) is 3.45. The topological polar surface area (TPSA) is 78.7 Å². The molecule has 1 aliphatic rings. The fourth-order valence-corrected chi connectivity index (χ4v) is 3.76. The van der Waals surface area contributed by atoms with E-state index in [4.69, 9.17) is 4.42 Å². The molecule has 0 aliphatic carbocycles. The van der Waals surface area contributed by atoms with Gasteiger partial charge < -0.3 is 19.5 Å².